The molecule has 2 rings (SSSR count). The third kappa shape index (κ3) is 4.92. The first-order chi connectivity index (χ1) is 9.74. The Kier molecular flexibility index (Phi) is 5.42. The minimum absolute atomic E-state index is 0.415. The lowest BCUT2D eigenvalue weighted by Gasteiger charge is -2.12. The van der Waals surface area contributed by atoms with Crippen LogP contribution >= 0.6 is 0 Å². The molecule has 0 aliphatic heterocycles. The Hall–Kier alpha value is -2.03. The normalized spacial score (nSPS) is 18.1. The van der Waals surface area contributed by atoms with Crippen molar-refractivity contribution in [3.05, 3.63) is 54.1 Å². The minimum Gasteiger partial charge on any atom is -0.410 e. The summed E-state index contributed by atoms with van der Waals surface area (Å²) in [4.78, 5) is 11.6. The van der Waals surface area contributed by atoms with Gasteiger partial charge in [0.2, 0.25) is 0 Å². The standard InChI is InChI=1S/C17H21NO2/c1-14-9-11-16(12-10-14)20-17(19)18-13-5-8-15-6-3-2-4-7-15/h2-3,5,8-12,15H,4,6-7,13H2,1H3,(H,18,19). The van der Waals surface area contributed by atoms with Crippen molar-refractivity contribution >= 4 is 6.09 Å². The van der Waals surface area contributed by atoms with Crippen molar-refractivity contribution in [1.82, 2.24) is 5.32 Å². The molecule has 1 aromatic carbocycles. The van der Waals surface area contributed by atoms with Crippen LogP contribution in [0.15, 0.2) is 48.6 Å². The molecule has 1 unspecified atom stereocenters. The SMILES string of the molecule is Cc1ccc(OC(=O)NCC=CC2CC=CCC2)cc1. The largest absolute Gasteiger partial charge is 0.412 e. The molecular formula is C17H21NO2. The van der Waals surface area contributed by atoms with E-state index >= 15 is 0 Å². The van der Waals surface area contributed by atoms with Crippen molar-refractivity contribution in [2.75, 3.05) is 6.54 Å². The summed E-state index contributed by atoms with van der Waals surface area (Å²) in [6, 6.07) is 7.41. The van der Waals surface area contributed by atoms with E-state index in [1.54, 1.807) is 12.1 Å². The lowest BCUT2D eigenvalue weighted by Crippen LogP contribution is -2.26. The Morgan fingerprint density at radius 3 is 2.85 bits per heavy atom. The molecule has 1 amide bonds. The predicted octanol–water partition coefficient (Wildman–Crippen LogP) is 4.00. The van der Waals surface area contributed by atoms with E-state index in [2.05, 4.69) is 23.5 Å². The van der Waals surface area contributed by atoms with Crippen LogP contribution in [-0.2, 0) is 0 Å². The summed E-state index contributed by atoms with van der Waals surface area (Å²) in [6.07, 6.45) is 11.7. The highest BCUT2D eigenvalue weighted by Gasteiger charge is 2.05. The van der Waals surface area contributed by atoms with Gasteiger partial charge in [-0.15, -0.1) is 0 Å². The van der Waals surface area contributed by atoms with Gasteiger partial charge in [0.25, 0.3) is 0 Å². The first kappa shape index (κ1) is 14.4. The fraction of sp³-hybridized carbons (Fsp3) is 0.353. The fourth-order valence-corrected chi connectivity index (χ4v) is 2.14. The molecule has 0 radical (unpaired) electrons. The zero-order valence-corrected chi connectivity index (χ0v) is 11.8. The van der Waals surface area contributed by atoms with Crippen molar-refractivity contribution in [2.24, 2.45) is 5.92 Å². The number of nitrogens with one attached hydrogen (secondary N) is 1. The molecule has 0 fully saturated rings. The van der Waals surface area contributed by atoms with Gasteiger partial charge in [0, 0.05) is 6.54 Å². The molecule has 106 valence electrons. The molecule has 1 atom stereocenters. The van der Waals surface area contributed by atoms with E-state index in [-0.39, 0.29) is 0 Å². The molecule has 0 spiro atoms. The van der Waals surface area contributed by atoms with Gasteiger partial charge in [-0.2, -0.15) is 0 Å². The number of ether oxygens (including phenoxy) is 1. The number of aryl methyl sites for hydroxylation is 1. The third-order valence-corrected chi connectivity index (χ3v) is 3.31. The maximum atomic E-state index is 11.6. The predicted molar refractivity (Wildman–Crippen MR) is 80.8 cm³/mol. The van der Waals surface area contributed by atoms with Crippen LogP contribution in [0.3, 0.4) is 0 Å². The summed E-state index contributed by atoms with van der Waals surface area (Å²) in [5, 5.41) is 2.72. The van der Waals surface area contributed by atoms with Crippen LogP contribution < -0.4 is 10.1 Å². The Bertz CT molecular complexity index is 488. The summed E-state index contributed by atoms with van der Waals surface area (Å²) in [7, 11) is 0. The average molecular weight is 271 g/mol. The van der Waals surface area contributed by atoms with Crippen LogP contribution in [-0.4, -0.2) is 12.6 Å². The molecule has 1 aliphatic carbocycles. The summed E-state index contributed by atoms with van der Waals surface area (Å²) >= 11 is 0. The van der Waals surface area contributed by atoms with Gasteiger partial charge in [0.1, 0.15) is 5.75 Å². The van der Waals surface area contributed by atoms with Gasteiger partial charge in [-0.05, 0) is 44.2 Å². The van der Waals surface area contributed by atoms with Crippen LogP contribution in [0.1, 0.15) is 24.8 Å². The number of carbonyl (C=O) groups is 1. The molecule has 1 aliphatic rings. The number of amides is 1. The van der Waals surface area contributed by atoms with Gasteiger partial charge in [-0.3, -0.25) is 0 Å². The molecule has 3 nitrogen and oxygen atoms in total. The van der Waals surface area contributed by atoms with E-state index in [9.17, 15) is 4.79 Å². The molecule has 1 N–H and O–H groups in total. The molecule has 20 heavy (non-hydrogen) atoms. The number of rotatable bonds is 4. The van der Waals surface area contributed by atoms with E-state index in [0.717, 1.165) is 18.4 Å². The monoisotopic (exact) mass is 271 g/mol. The quantitative estimate of drug-likeness (QED) is 0.841. The highest BCUT2D eigenvalue weighted by atomic mass is 16.5. The van der Waals surface area contributed by atoms with Crippen LogP contribution in [0.25, 0.3) is 0 Å². The molecule has 3 heteroatoms. The van der Waals surface area contributed by atoms with Crippen molar-refractivity contribution in [3.8, 4) is 5.75 Å². The van der Waals surface area contributed by atoms with Gasteiger partial charge in [0.05, 0.1) is 0 Å². The topological polar surface area (TPSA) is 38.3 Å². The fourth-order valence-electron chi connectivity index (χ4n) is 2.14. The first-order valence-electron chi connectivity index (χ1n) is 7.08. The van der Waals surface area contributed by atoms with Crippen LogP contribution in [0.2, 0.25) is 0 Å². The van der Waals surface area contributed by atoms with Crippen molar-refractivity contribution < 1.29 is 9.53 Å². The second kappa shape index (κ2) is 7.53. The number of hydrogen-bond donors (Lipinski definition) is 1. The molecule has 1 aromatic rings. The maximum absolute atomic E-state index is 11.6. The summed E-state index contributed by atoms with van der Waals surface area (Å²) in [6.45, 7) is 2.50. The molecule has 0 heterocycles. The first-order valence-corrected chi connectivity index (χ1v) is 7.08. The molecule has 0 saturated heterocycles. The molecule has 0 aromatic heterocycles. The van der Waals surface area contributed by atoms with E-state index < -0.39 is 6.09 Å². The number of hydrogen-bond acceptors (Lipinski definition) is 2. The van der Waals surface area contributed by atoms with Crippen LogP contribution in [0.5, 0.6) is 5.75 Å². The van der Waals surface area contributed by atoms with Crippen molar-refractivity contribution in [2.45, 2.75) is 26.2 Å². The van der Waals surface area contributed by atoms with Gasteiger partial charge in [-0.25, -0.2) is 4.79 Å². The molecule has 0 saturated carbocycles. The second-order valence-corrected chi connectivity index (χ2v) is 5.06. The number of allylic oxidation sites excluding steroid dienone is 3. The zero-order valence-electron chi connectivity index (χ0n) is 11.8. The number of carbonyl (C=O) groups excluding carboxylic acids is 1. The Balaban J connectivity index is 1.68. The summed E-state index contributed by atoms with van der Waals surface area (Å²) < 4.78 is 5.17. The van der Waals surface area contributed by atoms with E-state index in [0.29, 0.717) is 18.2 Å². The lowest BCUT2D eigenvalue weighted by atomic mass is 9.94. The van der Waals surface area contributed by atoms with Crippen molar-refractivity contribution in [1.29, 1.82) is 0 Å². The van der Waals surface area contributed by atoms with Gasteiger partial charge >= 0.3 is 6.09 Å². The average Bonchev–Trinajstić information content (AvgIpc) is 2.47. The van der Waals surface area contributed by atoms with E-state index in [1.165, 1.54) is 6.42 Å². The van der Waals surface area contributed by atoms with Crippen LogP contribution in [0.4, 0.5) is 4.79 Å². The van der Waals surface area contributed by atoms with Gasteiger partial charge in [0.15, 0.2) is 0 Å². The highest BCUT2D eigenvalue weighted by Crippen LogP contribution is 2.18. The lowest BCUT2D eigenvalue weighted by molar-refractivity contribution is 0.201. The van der Waals surface area contributed by atoms with Gasteiger partial charge < -0.3 is 10.1 Å². The summed E-state index contributed by atoms with van der Waals surface area (Å²) in [5.41, 5.74) is 1.14. The van der Waals surface area contributed by atoms with Crippen LogP contribution in [0, 0.1) is 12.8 Å². The van der Waals surface area contributed by atoms with Gasteiger partial charge in [-0.1, -0.05) is 42.0 Å². The highest BCUT2D eigenvalue weighted by molar-refractivity contribution is 5.70. The Labute approximate surface area is 120 Å². The smallest absolute Gasteiger partial charge is 0.410 e. The minimum atomic E-state index is -0.415. The molecular weight excluding hydrogens is 250 g/mol. The van der Waals surface area contributed by atoms with E-state index in [4.69, 9.17) is 4.74 Å². The Morgan fingerprint density at radius 2 is 2.15 bits per heavy atom. The summed E-state index contributed by atoms with van der Waals surface area (Å²) in [5.74, 6) is 1.17. The third-order valence-electron chi connectivity index (χ3n) is 3.31. The molecule has 0 bridgehead atoms. The second-order valence-electron chi connectivity index (χ2n) is 5.06. The van der Waals surface area contributed by atoms with E-state index in [1.807, 2.05) is 25.1 Å². The van der Waals surface area contributed by atoms with Crippen molar-refractivity contribution in [3.63, 3.8) is 0 Å². The maximum Gasteiger partial charge on any atom is 0.412 e. The number of benzene rings is 1. The zero-order chi connectivity index (χ0) is 14.2. The Morgan fingerprint density at radius 1 is 1.35 bits per heavy atom.